The van der Waals surface area contributed by atoms with E-state index in [0.29, 0.717) is 5.50 Å². The Labute approximate surface area is 278 Å². The van der Waals surface area contributed by atoms with Crippen LogP contribution < -0.4 is 16.1 Å². The monoisotopic (exact) mass is 632 g/mol. The van der Waals surface area contributed by atoms with Gasteiger partial charge in [-0.2, -0.15) is 0 Å². The van der Waals surface area contributed by atoms with E-state index in [4.69, 9.17) is 4.42 Å². The van der Waals surface area contributed by atoms with Crippen molar-refractivity contribution in [2.75, 3.05) is 0 Å². The van der Waals surface area contributed by atoms with E-state index in [1.165, 1.54) is 43.4 Å². The van der Waals surface area contributed by atoms with Gasteiger partial charge in [0.2, 0.25) is 7.14 Å². The number of hydrogen-bond donors (Lipinski definition) is 0. The normalized spacial score (nSPS) is 13.7. The molecule has 0 unspecified atom stereocenters. The minimum Gasteiger partial charge on any atom is -0.456 e. The Hall–Kier alpha value is -5.69. The third kappa shape index (κ3) is 3.56. The lowest BCUT2D eigenvalue weighted by molar-refractivity contribution is 0.485. The van der Waals surface area contributed by atoms with Crippen LogP contribution in [0.3, 0.4) is 0 Å². The summed E-state index contributed by atoms with van der Waals surface area (Å²) in [7, 11) is -3.35. The highest BCUT2D eigenvalue weighted by molar-refractivity contribution is 7.85. The fraction of sp³-hybridized carbons (Fsp3) is 0.0222. The van der Waals surface area contributed by atoms with Crippen LogP contribution in [0.5, 0.6) is 0 Å². The van der Waals surface area contributed by atoms with Gasteiger partial charge in [-0.1, -0.05) is 158 Å². The third-order valence-corrected chi connectivity index (χ3v) is 13.3. The van der Waals surface area contributed by atoms with Crippen molar-refractivity contribution in [3.05, 3.63) is 198 Å². The van der Waals surface area contributed by atoms with Gasteiger partial charge in [0.25, 0.3) is 0 Å². The lowest BCUT2D eigenvalue weighted by atomic mass is 9.68. The van der Waals surface area contributed by atoms with Crippen LogP contribution in [-0.4, -0.2) is 0 Å². The van der Waals surface area contributed by atoms with E-state index in [0.717, 1.165) is 33.1 Å². The molecular weight excluding hydrogens is 603 g/mol. The number of benzene rings is 8. The number of hydrogen-bond acceptors (Lipinski definition) is 2. The molecule has 1 aliphatic carbocycles. The molecule has 226 valence electrons. The van der Waals surface area contributed by atoms with Crippen LogP contribution >= 0.6 is 7.14 Å². The first-order valence-corrected chi connectivity index (χ1v) is 18.1. The van der Waals surface area contributed by atoms with E-state index < -0.39 is 12.6 Å². The summed E-state index contributed by atoms with van der Waals surface area (Å²) in [6.07, 6.45) is 0. The Morgan fingerprint density at radius 2 is 0.979 bits per heavy atom. The van der Waals surface area contributed by atoms with E-state index in [1.807, 2.05) is 66.7 Å². The molecule has 0 bridgehead atoms. The maximum atomic E-state index is 15.6. The number of rotatable bonds is 5. The second kappa shape index (κ2) is 10.2. The maximum absolute atomic E-state index is 15.6. The summed E-state index contributed by atoms with van der Waals surface area (Å²) in [6.45, 7) is 0. The fourth-order valence-corrected chi connectivity index (χ4v) is 10.9. The molecule has 10 rings (SSSR count). The first kappa shape index (κ1) is 27.4. The molecule has 2 nitrogen and oxygen atoms in total. The van der Waals surface area contributed by atoms with Gasteiger partial charge in [-0.05, 0) is 78.3 Å². The molecule has 1 aromatic heterocycles. The molecule has 48 heavy (non-hydrogen) atoms. The minimum atomic E-state index is -3.35. The predicted molar refractivity (Wildman–Crippen MR) is 199 cm³/mol. The summed E-state index contributed by atoms with van der Waals surface area (Å²) in [5, 5.41) is 8.87. The Bertz CT molecular complexity index is 2620. The molecule has 0 aliphatic heterocycles. The van der Waals surface area contributed by atoms with E-state index in [-0.39, 0.29) is 0 Å². The van der Waals surface area contributed by atoms with Crippen molar-refractivity contribution in [3.63, 3.8) is 0 Å². The molecule has 0 saturated heterocycles. The summed E-state index contributed by atoms with van der Waals surface area (Å²) < 4.78 is 22.7. The third-order valence-electron chi connectivity index (χ3n) is 10.4. The molecule has 0 N–H and O–H groups in total. The predicted octanol–water partition coefficient (Wildman–Crippen LogP) is 10.2. The Kier molecular flexibility index (Phi) is 5.80. The minimum absolute atomic E-state index is 0.480. The van der Waals surface area contributed by atoms with Gasteiger partial charge in [-0.3, -0.25) is 0 Å². The molecule has 0 spiro atoms. The first-order chi connectivity index (χ1) is 23.7. The summed E-state index contributed by atoms with van der Waals surface area (Å²) in [4.78, 5) is 0. The van der Waals surface area contributed by atoms with Gasteiger partial charge in [-0.15, -0.1) is 0 Å². The van der Waals surface area contributed by atoms with Crippen molar-refractivity contribution < 1.29 is 8.98 Å². The number of fused-ring (bicyclic) bond motifs is 3. The first-order valence-electron chi connectivity index (χ1n) is 16.4. The van der Waals surface area contributed by atoms with Crippen molar-refractivity contribution >= 4 is 55.6 Å². The van der Waals surface area contributed by atoms with Gasteiger partial charge >= 0.3 is 0 Å². The zero-order chi connectivity index (χ0) is 31.9. The second-order valence-corrected chi connectivity index (χ2v) is 15.4. The number of furan rings is 1. The zero-order valence-electron chi connectivity index (χ0n) is 26.0. The average molecular weight is 633 g/mol. The maximum Gasteiger partial charge on any atom is 0.204 e. The highest BCUT2D eigenvalue weighted by Gasteiger charge is 2.50. The van der Waals surface area contributed by atoms with Gasteiger partial charge in [0.1, 0.15) is 11.2 Å². The average Bonchev–Trinajstić information content (AvgIpc) is 3.77. The van der Waals surface area contributed by atoms with Crippen LogP contribution in [0.15, 0.2) is 180 Å². The Balaban J connectivity index is 1.35. The second-order valence-electron chi connectivity index (χ2n) is 12.7. The van der Waals surface area contributed by atoms with Crippen LogP contribution in [0.4, 0.5) is 0 Å². The van der Waals surface area contributed by atoms with Crippen LogP contribution in [0.25, 0.3) is 43.4 Å². The highest BCUT2D eigenvalue weighted by Crippen LogP contribution is 2.59. The van der Waals surface area contributed by atoms with Gasteiger partial charge in [0.15, 0.2) is 5.50 Å². The Morgan fingerprint density at radius 1 is 0.438 bits per heavy atom. The van der Waals surface area contributed by atoms with Gasteiger partial charge < -0.3 is 8.98 Å². The SMILES string of the molecule is O=P(c1ccccc1)(c1ccccc1)c1ccc(C2(c3cc4cccc5ccc6cccc3c6c54)c3ccccc3-c3ccccc32)o1. The molecule has 0 radical (unpaired) electrons. The molecule has 0 fully saturated rings. The fourth-order valence-electron chi connectivity index (χ4n) is 8.37. The standard InChI is InChI=1S/C45H29O2P/c46-48(33-16-3-1-4-17-33,34-18-5-2-6-19-34)42-28-27-41(47-42)45(38-23-9-7-20-35(38)36-21-8-10-24-39(36)45)40-29-32-15-11-13-30-25-26-31-14-12-22-37(40)44(31)43(30)32/h1-29H. The van der Waals surface area contributed by atoms with Crippen LogP contribution in [0, 0.1) is 0 Å². The van der Waals surface area contributed by atoms with Crippen molar-refractivity contribution in [1.29, 1.82) is 0 Å². The van der Waals surface area contributed by atoms with Gasteiger partial charge in [0, 0.05) is 10.6 Å². The lowest BCUT2D eigenvalue weighted by Crippen LogP contribution is -2.29. The topological polar surface area (TPSA) is 30.2 Å². The molecule has 0 atom stereocenters. The molecule has 0 saturated carbocycles. The van der Waals surface area contributed by atoms with Crippen molar-refractivity contribution in [2.24, 2.45) is 0 Å². The van der Waals surface area contributed by atoms with Crippen LogP contribution in [0.1, 0.15) is 22.5 Å². The van der Waals surface area contributed by atoms with Gasteiger partial charge in [0.05, 0.1) is 0 Å². The van der Waals surface area contributed by atoms with Crippen LogP contribution in [-0.2, 0) is 9.98 Å². The van der Waals surface area contributed by atoms with Crippen molar-refractivity contribution in [2.45, 2.75) is 5.41 Å². The van der Waals surface area contributed by atoms with Crippen molar-refractivity contribution in [1.82, 2.24) is 0 Å². The molecule has 1 aliphatic rings. The van der Waals surface area contributed by atoms with E-state index >= 15 is 4.57 Å². The molecular formula is C45H29O2P. The summed E-state index contributed by atoms with van der Waals surface area (Å²) in [5.74, 6) is 0.761. The van der Waals surface area contributed by atoms with Gasteiger partial charge in [-0.25, -0.2) is 0 Å². The zero-order valence-corrected chi connectivity index (χ0v) is 26.9. The molecule has 9 aromatic rings. The lowest BCUT2D eigenvalue weighted by Gasteiger charge is -2.33. The van der Waals surface area contributed by atoms with Crippen LogP contribution in [0.2, 0.25) is 0 Å². The Morgan fingerprint density at radius 3 is 1.62 bits per heavy atom. The molecule has 8 aromatic carbocycles. The quantitative estimate of drug-likeness (QED) is 0.140. The largest absolute Gasteiger partial charge is 0.456 e. The van der Waals surface area contributed by atoms with E-state index in [1.54, 1.807) is 0 Å². The molecule has 0 amide bonds. The molecule has 3 heteroatoms. The summed E-state index contributed by atoms with van der Waals surface area (Å²) in [6, 6.07) is 61.0. The summed E-state index contributed by atoms with van der Waals surface area (Å²) >= 11 is 0. The highest BCUT2D eigenvalue weighted by atomic mass is 31.2. The van der Waals surface area contributed by atoms with Crippen molar-refractivity contribution in [3.8, 4) is 11.1 Å². The smallest absolute Gasteiger partial charge is 0.204 e. The summed E-state index contributed by atoms with van der Waals surface area (Å²) in [5.41, 5.74) is 5.54. The van der Waals surface area contributed by atoms with E-state index in [9.17, 15) is 0 Å². The van der Waals surface area contributed by atoms with E-state index in [2.05, 4.69) is 109 Å². The molecule has 1 heterocycles.